The normalized spacial score (nSPS) is 10.0. The third kappa shape index (κ3) is 3.12. The van der Waals surface area contributed by atoms with Crippen molar-refractivity contribution in [3.63, 3.8) is 0 Å². The average Bonchev–Trinajstić information content (AvgIpc) is 2.52. The molecule has 1 heterocycles. The number of thiocarbonyl (C=S) groups is 1. The molecule has 0 aliphatic carbocycles. The second-order valence-electron chi connectivity index (χ2n) is 2.69. The molecule has 1 rings (SSSR count). The van der Waals surface area contributed by atoms with Gasteiger partial charge in [0.1, 0.15) is 0 Å². The molecule has 0 amide bonds. The lowest BCUT2D eigenvalue weighted by Crippen LogP contribution is -2.31. The molecule has 0 bridgehead atoms. The zero-order chi connectivity index (χ0) is 9.68. The van der Waals surface area contributed by atoms with E-state index in [2.05, 4.69) is 10.4 Å². The highest BCUT2D eigenvalue weighted by Gasteiger charge is 1.99. The number of aryl methyl sites for hydroxylation is 1. The summed E-state index contributed by atoms with van der Waals surface area (Å²) in [7, 11) is 1.66. The van der Waals surface area contributed by atoms with E-state index in [-0.39, 0.29) is 0 Å². The van der Waals surface area contributed by atoms with Crippen LogP contribution in [0.15, 0.2) is 12.4 Å². The van der Waals surface area contributed by atoms with Crippen molar-refractivity contribution in [1.82, 2.24) is 15.1 Å². The Morgan fingerprint density at radius 1 is 1.77 bits per heavy atom. The first kappa shape index (κ1) is 10.1. The van der Waals surface area contributed by atoms with E-state index in [0.717, 1.165) is 5.56 Å². The molecule has 0 unspecified atom stereocenters. The molecule has 0 saturated heterocycles. The first-order valence-corrected chi connectivity index (χ1v) is 4.43. The molecule has 0 spiro atoms. The van der Waals surface area contributed by atoms with Gasteiger partial charge in [-0.25, -0.2) is 4.68 Å². The van der Waals surface area contributed by atoms with Crippen LogP contribution in [0, 0.1) is 6.92 Å². The largest absolute Gasteiger partial charge is 0.383 e. The highest BCUT2D eigenvalue weighted by molar-refractivity contribution is 7.80. The number of hydrogen-bond donors (Lipinski definition) is 1. The van der Waals surface area contributed by atoms with Gasteiger partial charge in [0, 0.05) is 19.9 Å². The molecule has 0 aliphatic rings. The van der Waals surface area contributed by atoms with Crippen LogP contribution in [0.3, 0.4) is 0 Å². The van der Waals surface area contributed by atoms with Crippen LogP contribution in [0.25, 0.3) is 0 Å². The summed E-state index contributed by atoms with van der Waals surface area (Å²) in [5.41, 5.74) is 1.09. The number of nitrogens with one attached hydrogen (secondary N) is 1. The SMILES string of the molecule is COCCNC(=S)n1cc(C)cn1. The quantitative estimate of drug-likeness (QED) is 0.570. The molecule has 1 aromatic rings. The number of hydrogen-bond acceptors (Lipinski definition) is 3. The molecule has 0 saturated carbocycles. The molecule has 0 aromatic carbocycles. The Morgan fingerprint density at radius 2 is 2.54 bits per heavy atom. The van der Waals surface area contributed by atoms with Gasteiger partial charge in [-0.1, -0.05) is 0 Å². The van der Waals surface area contributed by atoms with Crippen LogP contribution in [0.2, 0.25) is 0 Å². The lowest BCUT2D eigenvalue weighted by Gasteiger charge is -2.05. The zero-order valence-corrected chi connectivity index (χ0v) is 8.60. The van der Waals surface area contributed by atoms with E-state index in [0.29, 0.717) is 18.3 Å². The predicted molar refractivity (Wildman–Crippen MR) is 54.8 cm³/mol. The molecule has 0 fully saturated rings. The summed E-state index contributed by atoms with van der Waals surface area (Å²) >= 11 is 5.08. The molecule has 13 heavy (non-hydrogen) atoms. The van der Waals surface area contributed by atoms with Crippen molar-refractivity contribution in [2.45, 2.75) is 6.92 Å². The molecular weight excluding hydrogens is 186 g/mol. The fraction of sp³-hybridized carbons (Fsp3) is 0.500. The average molecular weight is 199 g/mol. The van der Waals surface area contributed by atoms with E-state index in [1.807, 2.05) is 13.1 Å². The number of nitrogens with zero attached hydrogens (tertiary/aromatic N) is 2. The maximum atomic E-state index is 5.08. The third-order valence-corrected chi connectivity index (χ3v) is 1.83. The van der Waals surface area contributed by atoms with Crippen molar-refractivity contribution in [2.75, 3.05) is 20.3 Å². The van der Waals surface area contributed by atoms with Gasteiger partial charge in [0.25, 0.3) is 0 Å². The van der Waals surface area contributed by atoms with E-state index in [1.165, 1.54) is 0 Å². The molecule has 72 valence electrons. The van der Waals surface area contributed by atoms with Gasteiger partial charge in [-0.3, -0.25) is 0 Å². The van der Waals surface area contributed by atoms with Crippen molar-refractivity contribution < 1.29 is 4.74 Å². The molecule has 0 radical (unpaired) electrons. The first-order chi connectivity index (χ1) is 6.24. The Balaban J connectivity index is 2.40. The van der Waals surface area contributed by atoms with E-state index in [1.54, 1.807) is 18.0 Å². The Bertz CT molecular complexity index is 285. The van der Waals surface area contributed by atoms with Gasteiger partial charge in [-0.2, -0.15) is 5.10 Å². The molecule has 4 nitrogen and oxygen atoms in total. The Morgan fingerprint density at radius 3 is 3.08 bits per heavy atom. The zero-order valence-electron chi connectivity index (χ0n) is 7.78. The second kappa shape index (κ2) is 4.94. The Hall–Kier alpha value is -0.940. The van der Waals surface area contributed by atoms with Crippen LogP contribution in [-0.2, 0) is 4.74 Å². The molecule has 1 N–H and O–H groups in total. The third-order valence-electron chi connectivity index (χ3n) is 1.50. The van der Waals surface area contributed by atoms with Crippen molar-refractivity contribution in [2.24, 2.45) is 0 Å². The topological polar surface area (TPSA) is 39.1 Å². The van der Waals surface area contributed by atoms with Crippen LogP contribution in [0.4, 0.5) is 0 Å². The first-order valence-electron chi connectivity index (χ1n) is 4.02. The fourth-order valence-electron chi connectivity index (χ4n) is 0.865. The van der Waals surface area contributed by atoms with Gasteiger partial charge in [0.15, 0.2) is 5.11 Å². The van der Waals surface area contributed by atoms with Crippen LogP contribution < -0.4 is 5.32 Å². The van der Waals surface area contributed by atoms with Crippen LogP contribution in [0.5, 0.6) is 0 Å². The van der Waals surface area contributed by atoms with Gasteiger partial charge < -0.3 is 10.1 Å². The summed E-state index contributed by atoms with van der Waals surface area (Å²) in [5.74, 6) is 0. The molecule has 0 atom stereocenters. The molecular formula is C8H13N3OS. The fourth-order valence-corrected chi connectivity index (χ4v) is 1.07. The highest BCUT2D eigenvalue weighted by atomic mass is 32.1. The molecule has 1 aromatic heterocycles. The van der Waals surface area contributed by atoms with Crippen molar-refractivity contribution in [1.29, 1.82) is 0 Å². The van der Waals surface area contributed by atoms with Gasteiger partial charge in [-0.05, 0) is 24.7 Å². The van der Waals surface area contributed by atoms with E-state index in [4.69, 9.17) is 17.0 Å². The maximum Gasteiger partial charge on any atom is 0.194 e. The summed E-state index contributed by atoms with van der Waals surface area (Å²) < 4.78 is 6.52. The van der Waals surface area contributed by atoms with Gasteiger partial charge in [0.05, 0.1) is 12.8 Å². The van der Waals surface area contributed by atoms with Crippen LogP contribution >= 0.6 is 12.2 Å². The minimum Gasteiger partial charge on any atom is -0.383 e. The van der Waals surface area contributed by atoms with Gasteiger partial charge in [0.2, 0.25) is 0 Å². The highest BCUT2D eigenvalue weighted by Crippen LogP contribution is 1.93. The Labute approximate surface area is 82.9 Å². The summed E-state index contributed by atoms with van der Waals surface area (Å²) in [6.45, 7) is 3.32. The standard InChI is InChI=1S/C8H13N3OS/c1-7-5-10-11(6-7)8(13)9-3-4-12-2/h5-6H,3-4H2,1-2H3,(H,9,13). The summed E-state index contributed by atoms with van der Waals surface area (Å²) in [6, 6.07) is 0. The number of rotatable bonds is 3. The predicted octanol–water partition coefficient (Wildman–Crippen LogP) is 0.561. The van der Waals surface area contributed by atoms with Crippen molar-refractivity contribution >= 4 is 17.3 Å². The van der Waals surface area contributed by atoms with Gasteiger partial charge in [-0.15, -0.1) is 0 Å². The van der Waals surface area contributed by atoms with Crippen LogP contribution in [-0.4, -0.2) is 35.2 Å². The van der Waals surface area contributed by atoms with Crippen molar-refractivity contribution in [3.8, 4) is 0 Å². The minimum atomic E-state index is 0.602. The lowest BCUT2D eigenvalue weighted by atomic mass is 10.4. The number of methoxy groups -OCH3 is 1. The molecule has 0 aliphatic heterocycles. The second-order valence-corrected chi connectivity index (χ2v) is 3.07. The lowest BCUT2D eigenvalue weighted by molar-refractivity contribution is 0.204. The number of ether oxygens (including phenoxy) is 1. The van der Waals surface area contributed by atoms with E-state index >= 15 is 0 Å². The summed E-state index contributed by atoms with van der Waals surface area (Å²) in [6.07, 6.45) is 3.65. The molecule has 5 heteroatoms. The van der Waals surface area contributed by atoms with Crippen molar-refractivity contribution in [3.05, 3.63) is 18.0 Å². The Kier molecular flexibility index (Phi) is 3.85. The van der Waals surface area contributed by atoms with Crippen LogP contribution in [0.1, 0.15) is 5.56 Å². The summed E-state index contributed by atoms with van der Waals surface area (Å²) in [5, 5.41) is 7.69. The van der Waals surface area contributed by atoms with E-state index in [9.17, 15) is 0 Å². The van der Waals surface area contributed by atoms with Gasteiger partial charge >= 0.3 is 0 Å². The summed E-state index contributed by atoms with van der Waals surface area (Å²) in [4.78, 5) is 0. The van der Waals surface area contributed by atoms with E-state index < -0.39 is 0 Å². The minimum absolute atomic E-state index is 0.602. The maximum absolute atomic E-state index is 5.08. The smallest absolute Gasteiger partial charge is 0.194 e. The number of aromatic nitrogens is 2. The monoisotopic (exact) mass is 199 g/mol.